The van der Waals surface area contributed by atoms with Crippen LogP contribution < -0.4 is 0 Å². The fraction of sp³-hybridized carbons (Fsp3) is 0.900. The maximum Gasteiger partial charge on any atom is 0.192 e. The van der Waals surface area contributed by atoms with Crippen molar-refractivity contribution in [3.05, 3.63) is 0 Å². The van der Waals surface area contributed by atoms with E-state index >= 15 is 0 Å². The van der Waals surface area contributed by atoms with Crippen molar-refractivity contribution in [1.29, 1.82) is 5.26 Å². The lowest BCUT2D eigenvalue weighted by atomic mass is 10.2. The summed E-state index contributed by atoms with van der Waals surface area (Å²) in [4.78, 5) is 0. The zero-order chi connectivity index (χ0) is 11.4. The highest BCUT2D eigenvalue weighted by Crippen LogP contribution is 2.36. The zero-order valence-corrected chi connectivity index (χ0v) is 10.8. The largest absolute Gasteiger partial charge is 0.414 e. The van der Waals surface area contributed by atoms with E-state index in [0.29, 0.717) is 0 Å². The molecule has 0 radical (unpaired) electrons. The Hall–Kier alpha value is -0.373. The van der Waals surface area contributed by atoms with Crippen LogP contribution in [0.4, 0.5) is 0 Å². The third-order valence-corrected chi connectivity index (χ3v) is 7.27. The summed E-state index contributed by atoms with van der Waals surface area (Å²) in [6, 6.07) is 1.93. The minimum absolute atomic E-state index is 0.147. The van der Waals surface area contributed by atoms with Crippen molar-refractivity contribution in [2.75, 3.05) is 6.61 Å². The molecule has 3 nitrogen and oxygen atoms in total. The van der Waals surface area contributed by atoms with Gasteiger partial charge >= 0.3 is 0 Å². The van der Waals surface area contributed by atoms with Crippen molar-refractivity contribution in [2.24, 2.45) is 0 Å². The first-order chi connectivity index (χ1) is 6.20. The Kier molecular flexibility index (Phi) is 4.79. The molecular weight excluding hydrogens is 194 g/mol. The lowest BCUT2D eigenvalue weighted by Crippen LogP contribution is -2.42. The van der Waals surface area contributed by atoms with Crippen LogP contribution in [0.2, 0.25) is 18.1 Å². The van der Waals surface area contributed by atoms with Gasteiger partial charge in [0, 0.05) is 0 Å². The van der Waals surface area contributed by atoms with Gasteiger partial charge in [-0.1, -0.05) is 20.8 Å². The van der Waals surface area contributed by atoms with Gasteiger partial charge in [0.1, 0.15) is 0 Å². The molecule has 0 amide bonds. The van der Waals surface area contributed by atoms with E-state index < -0.39 is 14.4 Å². The summed E-state index contributed by atoms with van der Waals surface area (Å²) < 4.78 is 5.75. The summed E-state index contributed by atoms with van der Waals surface area (Å²) in [6.45, 7) is 11.0. The molecule has 0 rings (SSSR count). The van der Waals surface area contributed by atoms with Crippen LogP contribution in [-0.4, -0.2) is 26.1 Å². The topological polar surface area (TPSA) is 53.2 Å². The van der Waals surface area contributed by atoms with E-state index in [1.807, 2.05) is 6.07 Å². The van der Waals surface area contributed by atoms with Crippen molar-refractivity contribution < 1.29 is 9.53 Å². The monoisotopic (exact) mass is 215 g/mol. The minimum Gasteiger partial charge on any atom is -0.414 e. The van der Waals surface area contributed by atoms with Crippen LogP contribution in [0.15, 0.2) is 0 Å². The van der Waals surface area contributed by atoms with Gasteiger partial charge in [-0.15, -0.1) is 0 Å². The Morgan fingerprint density at radius 3 is 2.29 bits per heavy atom. The highest BCUT2D eigenvalue weighted by Gasteiger charge is 2.37. The fourth-order valence-corrected chi connectivity index (χ4v) is 1.73. The predicted molar refractivity (Wildman–Crippen MR) is 59.4 cm³/mol. The van der Waals surface area contributed by atoms with Crippen LogP contribution in [-0.2, 0) is 4.43 Å². The second-order valence-electron chi connectivity index (χ2n) is 5.09. The molecule has 0 saturated carbocycles. The third kappa shape index (κ3) is 4.23. The molecule has 0 spiro atoms. The Balaban J connectivity index is 4.07. The molecule has 0 bridgehead atoms. The van der Waals surface area contributed by atoms with Crippen LogP contribution in [0.1, 0.15) is 27.2 Å². The van der Waals surface area contributed by atoms with E-state index in [1.165, 1.54) is 0 Å². The van der Waals surface area contributed by atoms with Crippen molar-refractivity contribution in [1.82, 2.24) is 0 Å². The maximum absolute atomic E-state index is 9.35. The lowest BCUT2D eigenvalue weighted by Gasteiger charge is -2.36. The number of rotatable bonds is 4. The molecule has 0 aromatic heterocycles. The van der Waals surface area contributed by atoms with Crippen LogP contribution in [0, 0.1) is 11.3 Å². The first kappa shape index (κ1) is 13.6. The van der Waals surface area contributed by atoms with E-state index in [-0.39, 0.29) is 18.1 Å². The number of hydrogen-bond donors (Lipinski definition) is 1. The van der Waals surface area contributed by atoms with Crippen LogP contribution in [0.3, 0.4) is 0 Å². The quantitative estimate of drug-likeness (QED) is 0.732. The number of hydrogen-bond acceptors (Lipinski definition) is 3. The number of nitrogens with zero attached hydrogens (tertiary/aromatic N) is 1. The smallest absolute Gasteiger partial charge is 0.192 e. The number of aliphatic hydroxyl groups is 1. The average molecular weight is 215 g/mol. The molecule has 1 N–H and O–H groups in total. The van der Waals surface area contributed by atoms with Gasteiger partial charge in [0.15, 0.2) is 8.32 Å². The molecule has 0 aliphatic carbocycles. The van der Waals surface area contributed by atoms with Gasteiger partial charge in [0.2, 0.25) is 0 Å². The van der Waals surface area contributed by atoms with E-state index in [4.69, 9.17) is 9.69 Å². The summed E-state index contributed by atoms with van der Waals surface area (Å²) in [5.74, 6) is 0. The Labute approximate surface area is 87.8 Å². The first-order valence-electron chi connectivity index (χ1n) is 4.89. The van der Waals surface area contributed by atoms with Crippen molar-refractivity contribution >= 4 is 8.32 Å². The first-order valence-corrected chi connectivity index (χ1v) is 7.80. The van der Waals surface area contributed by atoms with Gasteiger partial charge in [-0.25, -0.2) is 0 Å². The molecule has 14 heavy (non-hydrogen) atoms. The highest BCUT2D eigenvalue weighted by atomic mass is 28.4. The van der Waals surface area contributed by atoms with Crippen LogP contribution in [0.5, 0.6) is 0 Å². The van der Waals surface area contributed by atoms with Gasteiger partial charge in [-0.3, -0.25) is 0 Å². The molecule has 0 fully saturated rings. The summed E-state index contributed by atoms with van der Waals surface area (Å²) in [6.07, 6.45) is -0.497. The summed E-state index contributed by atoms with van der Waals surface area (Å²) >= 11 is 0. The molecule has 0 aromatic carbocycles. The van der Waals surface area contributed by atoms with Crippen LogP contribution >= 0.6 is 0 Å². The predicted octanol–water partition coefficient (Wildman–Crippen LogP) is 2.28. The van der Waals surface area contributed by atoms with E-state index in [9.17, 15) is 5.11 Å². The maximum atomic E-state index is 9.35. The lowest BCUT2D eigenvalue weighted by molar-refractivity contribution is 0.103. The third-order valence-electron chi connectivity index (χ3n) is 2.77. The molecule has 0 aromatic rings. The Morgan fingerprint density at radius 1 is 1.43 bits per heavy atom. The number of nitriles is 1. The fourth-order valence-electron chi connectivity index (χ4n) is 0.685. The van der Waals surface area contributed by atoms with Crippen molar-refractivity contribution in [3.8, 4) is 6.07 Å². The molecule has 1 atom stereocenters. The normalized spacial score (nSPS) is 14.9. The zero-order valence-electron chi connectivity index (χ0n) is 9.79. The molecule has 0 aliphatic rings. The average Bonchev–Trinajstić information content (AvgIpc) is 1.99. The van der Waals surface area contributed by atoms with E-state index in [0.717, 1.165) is 0 Å². The summed E-state index contributed by atoms with van der Waals surface area (Å²) in [5.41, 5.74) is 0. The van der Waals surface area contributed by atoms with E-state index in [1.54, 1.807) is 0 Å². The van der Waals surface area contributed by atoms with Crippen LogP contribution in [0.25, 0.3) is 0 Å². The molecule has 0 aliphatic heterocycles. The standard InChI is InChI=1S/C10H21NO2Si/c1-10(2,3)14(4,5)13-8-9(12)6-7-11/h9,12H,6,8H2,1-5H3. The van der Waals surface area contributed by atoms with Gasteiger partial charge in [-0.2, -0.15) is 5.26 Å². The molecule has 1 unspecified atom stereocenters. The van der Waals surface area contributed by atoms with Gasteiger partial charge in [0.05, 0.1) is 25.2 Å². The van der Waals surface area contributed by atoms with Gasteiger partial charge in [0.25, 0.3) is 0 Å². The Bertz CT molecular complexity index is 215. The minimum atomic E-state index is -1.77. The Morgan fingerprint density at radius 2 is 1.93 bits per heavy atom. The second kappa shape index (κ2) is 4.92. The van der Waals surface area contributed by atoms with Crippen molar-refractivity contribution in [3.63, 3.8) is 0 Å². The van der Waals surface area contributed by atoms with Gasteiger partial charge in [-0.05, 0) is 18.1 Å². The molecule has 0 heterocycles. The second-order valence-corrected chi connectivity index (χ2v) is 9.90. The summed E-state index contributed by atoms with van der Waals surface area (Å²) in [5, 5.41) is 17.9. The molecule has 82 valence electrons. The van der Waals surface area contributed by atoms with Gasteiger partial charge < -0.3 is 9.53 Å². The molecular formula is C10H21NO2Si. The van der Waals surface area contributed by atoms with E-state index in [2.05, 4.69) is 33.9 Å². The summed E-state index contributed by atoms with van der Waals surface area (Å²) in [7, 11) is -1.77. The highest BCUT2D eigenvalue weighted by molar-refractivity contribution is 6.74. The van der Waals surface area contributed by atoms with Crippen molar-refractivity contribution in [2.45, 2.75) is 51.4 Å². The molecule has 4 heteroatoms. The number of aliphatic hydroxyl groups excluding tert-OH is 1. The SMILES string of the molecule is CC(C)(C)[Si](C)(C)OCC(O)CC#N. The molecule has 0 saturated heterocycles.